The van der Waals surface area contributed by atoms with Crippen molar-refractivity contribution in [2.75, 3.05) is 7.11 Å². The summed E-state index contributed by atoms with van der Waals surface area (Å²) in [4.78, 5) is 0. The molecule has 1 aliphatic rings. The first-order valence-electron chi connectivity index (χ1n) is 9.55. The molecule has 6 heteroatoms. The summed E-state index contributed by atoms with van der Waals surface area (Å²) in [5.74, 6) is 1.32. The second-order valence-electron chi connectivity index (χ2n) is 7.19. The molecule has 0 amide bonds. The molecule has 2 aromatic carbocycles. The van der Waals surface area contributed by atoms with Crippen LogP contribution in [-0.4, -0.2) is 30.4 Å². The van der Waals surface area contributed by atoms with Gasteiger partial charge in [-0.2, -0.15) is 5.10 Å². The fourth-order valence-corrected chi connectivity index (χ4v) is 3.91. The quantitative estimate of drug-likeness (QED) is 0.523. The molecule has 0 aromatic heterocycles. The van der Waals surface area contributed by atoms with Gasteiger partial charge in [0.15, 0.2) is 11.5 Å². The SMILES string of the molecule is COc1cc(/C=N\N2[C@H](C)CCC[C@H]2C)ccc1OCc1ccc(Cl)cc1Cl. The Kier molecular flexibility index (Phi) is 7.08. The second-order valence-corrected chi connectivity index (χ2v) is 8.03. The third-order valence-electron chi connectivity index (χ3n) is 5.07. The number of halogens is 2. The molecular formula is C22H26Cl2N2O2. The summed E-state index contributed by atoms with van der Waals surface area (Å²) in [5, 5.41) is 8.10. The molecule has 3 rings (SSSR count). The van der Waals surface area contributed by atoms with Crippen LogP contribution >= 0.6 is 23.2 Å². The largest absolute Gasteiger partial charge is 0.493 e. The maximum atomic E-state index is 6.22. The van der Waals surface area contributed by atoms with E-state index < -0.39 is 0 Å². The smallest absolute Gasteiger partial charge is 0.161 e. The summed E-state index contributed by atoms with van der Waals surface area (Å²) in [6.45, 7) is 4.79. The van der Waals surface area contributed by atoms with E-state index in [4.69, 9.17) is 37.8 Å². The molecule has 0 saturated carbocycles. The van der Waals surface area contributed by atoms with E-state index in [0.29, 0.717) is 40.2 Å². The lowest BCUT2D eigenvalue weighted by Gasteiger charge is -2.36. The van der Waals surface area contributed by atoms with Crippen LogP contribution < -0.4 is 9.47 Å². The van der Waals surface area contributed by atoms with Crippen LogP contribution in [0.1, 0.15) is 44.2 Å². The summed E-state index contributed by atoms with van der Waals surface area (Å²) in [6.07, 6.45) is 5.53. The highest BCUT2D eigenvalue weighted by atomic mass is 35.5. The Hall–Kier alpha value is -1.91. The third-order valence-corrected chi connectivity index (χ3v) is 5.66. The van der Waals surface area contributed by atoms with Gasteiger partial charge in [0.25, 0.3) is 0 Å². The van der Waals surface area contributed by atoms with Crippen molar-refractivity contribution in [1.82, 2.24) is 5.01 Å². The minimum absolute atomic E-state index is 0.336. The van der Waals surface area contributed by atoms with E-state index in [9.17, 15) is 0 Å². The number of benzene rings is 2. The van der Waals surface area contributed by atoms with Gasteiger partial charge in [0.05, 0.1) is 13.3 Å². The van der Waals surface area contributed by atoms with Gasteiger partial charge in [-0.05, 0) is 69.0 Å². The number of piperidine rings is 1. The van der Waals surface area contributed by atoms with Crippen molar-refractivity contribution in [1.29, 1.82) is 0 Å². The zero-order valence-electron chi connectivity index (χ0n) is 16.5. The van der Waals surface area contributed by atoms with Crippen molar-refractivity contribution >= 4 is 29.4 Å². The summed E-state index contributed by atoms with van der Waals surface area (Å²) >= 11 is 12.2. The van der Waals surface area contributed by atoms with E-state index in [-0.39, 0.29) is 0 Å². The van der Waals surface area contributed by atoms with Crippen LogP contribution in [0.3, 0.4) is 0 Å². The maximum absolute atomic E-state index is 6.22. The number of methoxy groups -OCH3 is 1. The molecular weight excluding hydrogens is 395 g/mol. The van der Waals surface area contributed by atoms with Gasteiger partial charge in [-0.25, -0.2) is 0 Å². The Morgan fingerprint density at radius 1 is 1.07 bits per heavy atom. The molecule has 0 aliphatic carbocycles. The van der Waals surface area contributed by atoms with Crippen molar-refractivity contribution in [3.8, 4) is 11.5 Å². The standard InChI is InChI=1S/C22H26Cl2N2O2/c1-15-5-4-6-16(2)26(15)25-13-17-7-10-21(22(11-17)27-3)28-14-18-8-9-19(23)12-20(18)24/h7-13,15-16H,4-6,14H2,1-3H3/b25-13-/t15-,16-/m1/s1. The van der Waals surface area contributed by atoms with E-state index in [1.165, 1.54) is 19.3 Å². The lowest BCUT2D eigenvalue weighted by atomic mass is 10.00. The molecule has 0 bridgehead atoms. The molecule has 1 fully saturated rings. The third kappa shape index (κ3) is 5.12. The van der Waals surface area contributed by atoms with E-state index in [1.54, 1.807) is 19.2 Å². The normalized spacial score (nSPS) is 19.8. The molecule has 0 spiro atoms. The zero-order chi connectivity index (χ0) is 20.1. The second kappa shape index (κ2) is 9.53. The monoisotopic (exact) mass is 420 g/mol. The molecule has 2 aromatic rings. The van der Waals surface area contributed by atoms with Gasteiger partial charge in [0.2, 0.25) is 0 Å². The topological polar surface area (TPSA) is 34.1 Å². The predicted molar refractivity (Wildman–Crippen MR) is 116 cm³/mol. The van der Waals surface area contributed by atoms with Crippen LogP contribution in [0.15, 0.2) is 41.5 Å². The highest BCUT2D eigenvalue weighted by Crippen LogP contribution is 2.30. The van der Waals surface area contributed by atoms with Crippen molar-refractivity contribution in [2.45, 2.75) is 51.8 Å². The molecule has 0 N–H and O–H groups in total. The van der Waals surface area contributed by atoms with Gasteiger partial charge in [-0.3, -0.25) is 5.01 Å². The van der Waals surface area contributed by atoms with Gasteiger partial charge in [-0.1, -0.05) is 29.3 Å². The van der Waals surface area contributed by atoms with Gasteiger partial charge >= 0.3 is 0 Å². The van der Waals surface area contributed by atoms with Gasteiger partial charge in [0, 0.05) is 27.7 Å². The minimum Gasteiger partial charge on any atom is -0.493 e. The predicted octanol–water partition coefficient (Wildman–Crippen LogP) is 6.18. The molecule has 28 heavy (non-hydrogen) atoms. The fourth-order valence-electron chi connectivity index (χ4n) is 3.45. The van der Waals surface area contributed by atoms with Crippen molar-refractivity contribution in [3.63, 3.8) is 0 Å². The van der Waals surface area contributed by atoms with Gasteiger partial charge < -0.3 is 9.47 Å². The van der Waals surface area contributed by atoms with E-state index in [2.05, 4.69) is 18.9 Å². The fraction of sp³-hybridized carbons (Fsp3) is 0.409. The first-order valence-corrected chi connectivity index (χ1v) is 10.3. The Balaban J connectivity index is 1.70. The first kappa shape index (κ1) is 20.8. The Bertz CT molecular complexity index is 831. The summed E-state index contributed by atoms with van der Waals surface area (Å²) in [6, 6.07) is 12.1. The number of hydrogen-bond acceptors (Lipinski definition) is 4. The number of hydrogen-bond donors (Lipinski definition) is 0. The van der Waals surface area contributed by atoms with Crippen LogP contribution in [0, 0.1) is 0 Å². The van der Waals surface area contributed by atoms with Crippen molar-refractivity contribution in [2.24, 2.45) is 5.10 Å². The van der Waals surface area contributed by atoms with E-state index in [0.717, 1.165) is 11.1 Å². The number of ether oxygens (including phenoxy) is 2. The molecule has 1 heterocycles. The minimum atomic E-state index is 0.336. The first-order chi connectivity index (χ1) is 13.5. The number of nitrogens with zero attached hydrogens (tertiary/aromatic N) is 2. The lowest BCUT2D eigenvalue weighted by molar-refractivity contribution is 0.109. The van der Waals surface area contributed by atoms with E-state index >= 15 is 0 Å². The Morgan fingerprint density at radius 2 is 1.82 bits per heavy atom. The highest BCUT2D eigenvalue weighted by Gasteiger charge is 2.22. The number of rotatable bonds is 6. The van der Waals surface area contributed by atoms with Crippen LogP contribution in [0.25, 0.3) is 0 Å². The molecule has 1 saturated heterocycles. The molecule has 2 atom stereocenters. The Morgan fingerprint density at radius 3 is 2.50 bits per heavy atom. The highest BCUT2D eigenvalue weighted by molar-refractivity contribution is 6.35. The van der Waals surface area contributed by atoms with Crippen molar-refractivity contribution < 1.29 is 9.47 Å². The average molecular weight is 421 g/mol. The summed E-state index contributed by atoms with van der Waals surface area (Å²) in [7, 11) is 1.63. The maximum Gasteiger partial charge on any atom is 0.161 e. The van der Waals surface area contributed by atoms with Gasteiger partial charge in [0.1, 0.15) is 6.61 Å². The van der Waals surface area contributed by atoms with Gasteiger partial charge in [-0.15, -0.1) is 0 Å². The lowest BCUT2D eigenvalue weighted by Crippen LogP contribution is -2.39. The van der Waals surface area contributed by atoms with Crippen LogP contribution in [0.5, 0.6) is 11.5 Å². The molecule has 0 radical (unpaired) electrons. The summed E-state index contributed by atoms with van der Waals surface area (Å²) < 4.78 is 11.4. The number of hydrazone groups is 1. The van der Waals surface area contributed by atoms with Crippen LogP contribution in [0.4, 0.5) is 0 Å². The molecule has 1 aliphatic heterocycles. The van der Waals surface area contributed by atoms with Crippen LogP contribution in [-0.2, 0) is 6.61 Å². The molecule has 150 valence electrons. The summed E-state index contributed by atoms with van der Waals surface area (Å²) in [5.41, 5.74) is 1.84. The molecule has 0 unspecified atom stereocenters. The molecule has 4 nitrogen and oxygen atoms in total. The Labute approximate surface area is 177 Å². The van der Waals surface area contributed by atoms with Crippen LogP contribution in [0.2, 0.25) is 10.0 Å². The zero-order valence-corrected chi connectivity index (χ0v) is 18.0. The average Bonchev–Trinajstić information content (AvgIpc) is 2.67. The van der Waals surface area contributed by atoms with Crippen molar-refractivity contribution in [3.05, 3.63) is 57.6 Å². The van der Waals surface area contributed by atoms with E-state index in [1.807, 2.05) is 30.5 Å².